The average molecular weight is 245 g/mol. The summed E-state index contributed by atoms with van der Waals surface area (Å²) in [6.07, 6.45) is 1.41. The molecular weight excluding hydrogens is 222 g/mol. The van der Waals surface area contributed by atoms with Crippen molar-refractivity contribution >= 4 is 11.9 Å². The first-order valence-electron chi connectivity index (χ1n) is 6.01. The fourth-order valence-electron chi connectivity index (χ4n) is 1.43. The zero-order valence-electron chi connectivity index (χ0n) is 11.0. The number of hydrogen-bond donors (Lipinski definition) is 1. The van der Waals surface area contributed by atoms with Crippen molar-refractivity contribution in [3.05, 3.63) is 0 Å². The molecule has 5 heteroatoms. The van der Waals surface area contributed by atoms with Crippen LogP contribution in [0.3, 0.4) is 0 Å². The molecule has 0 radical (unpaired) electrons. The summed E-state index contributed by atoms with van der Waals surface area (Å²) in [5, 5.41) is 2.77. The van der Waals surface area contributed by atoms with Crippen molar-refractivity contribution in [2.45, 2.75) is 33.1 Å². The monoisotopic (exact) mass is 245 g/mol. The first kappa shape index (κ1) is 15.9. The Morgan fingerprint density at radius 3 is 2.65 bits per heavy atom. The summed E-state index contributed by atoms with van der Waals surface area (Å²) < 4.78 is 9.72. The summed E-state index contributed by atoms with van der Waals surface area (Å²) >= 11 is 0. The fraction of sp³-hybridized carbons (Fsp3) is 0.833. The molecule has 5 nitrogen and oxygen atoms in total. The lowest BCUT2D eigenvalue weighted by atomic mass is 10.1. The van der Waals surface area contributed by atoms with Crippen molar-refractivity contribution < 1.29 is 19.1 Å². The molecule has 0 heterocycles. The summed E-state index contributed by atoms with van der Waals surface area (Å²) in [5.41, 5.74) is 0. The molecule has 1 atom stereocenters. The number of carbonyl (C=O) groups is 2. The second-order valence-corrected chi connectivity index (χ2v) is 4.02. The van der Waals surface area contributed by atoms with Crippen LogP contribution in [0.4, 0.5) is 0 Å². The Bertz CT molecular complexity index is 231. The molecule has 0 bridgehead atoms. The molecule has 1 amide bonds. The van der Waals surface area contributed by atoms with Gasteiger partial charge in [-0.2, -0.15) is 0 Å². The number of rotatable bonds is 9. The predicted molar refractivity (Wildman–Crippen MR) is 64.5 cm³/mol. The molecule has 0 aliphatic rings. The minimum atomic E-state index is -0.213. The first-order chi connectivity index (χ1) is 8.10. The fourth-order valence-corrected chi connectivity index (χ4v) is 1.43. The van der Waals surface area contributed by atoms with E-state index >= 15 is 0 Å². The maximum atomic E-state index is 11.4. The van der Waals surface area contributed by atoms with E-state index in [1.165, 1.54) is 0 Å². The molecule has 0 rings (SSSR count). The van der Waals surface area contributed by atoms with Gasteiger partial charge in [-0.25, -0.2) is 0 Å². The van der Waals surface area contributed by atoms with Crippen molar-refractivity contribution in [2.24, 2.45) is 5.92 Å². The molecule has 100 valence electrons. The highest BCUT2D eigenvalue weighted by Crippen LogP contribution is 2.01. The molecule has 0 aromatic carbocycles. The number of hydrogen-bond acceptors (Lipinski definition) is 4. The maximum absolute atomic E-state index is 11.4. The third-order valence-electron chi connectivity index (χ3n) is 2.17. The van der Waals surface area contributed by atoms with Crippen molar-refractivity contribution in [2.75, 3.05) is 26.9 Å². The van der Waals surface area contributed by atoms with E-state index < -0.39 is 0 Å². The second-order valence-electron chi connectivity index (χ2n) is 4.02. The minimum Gasteiger partial charge on any atom is -0.466 e. The zero-order chi connectivity index (χ0) is 13.1. The Hall–Kier alpha value is -1.10. The SMILES string of the molecule is CCOC(=O)CCCNC(=O)CC(C)COC. The standard InChI is InChI=1S/C12H23NO4/c1-4-17-12(15)6-5-7-13-11(14)8-10(2)9-16-3/h10H,4-9H2,1-3H3,(H,13,14). The topological polar surface area (TPSA) is 64.6 Å². The van der Waals surface area contributed by atoms with E-state index in [1.54, 1.807) is 14.0 Å². The van der Waals surface area contributed by atoms with E-state index in [2.05, 4.69) is 5.32 Å². The van der Waals surface area contributed by atoms with Crippen molar-refractivity contribution in [3.8, 4) is 0 Å². The molecule has 0 aliphatic carbocycles. The molecule has 0 aromatic heterocycles. The lowest BCUT2D eigenvalue weighted by molar-refractivity contribution is -0.143. The van der Waals surface area contributed by atoms with Gasteiger partial charge in [-0.15, -0.1) is 0 Å². The van der Waals surface area contributed by atoms with Gasteiger partial charge in [0, 0.05) is 33.1 Å². The van der Waals surface area contributed by atoms with Crippen molar-refractivity contribution in [1.82, 2.24) is 5.32 Å². The molecule has 17 heavy (non-hydrogen) atoms. The van der Waals surface area contributed by atoms with Gasteiger partial charge < -0.3 is 14.8 Å². The van der Waals surface area contributed by atoms with Gasteiger partial charge in [-0.05, 0) is 19.3 Å². The zero-order valence-corrected chi connectivity index (χ0v) is 11.0. The quantitative estimate of drug-likeness (QED) is 0.488. The number of nitrogens with one attached hydrogen (secondary N) is 1. The molecule has 0 fully saturated rings. The predicted octanol–water partition coefficient (Wildman–Crippen LogP) is 1.12. The highest BCUT2D eigenvalue weighted by Gasteiger charge is 2.08. The molecule has 1 N–H and O–H groups in total. The van der Waals surface area contributed by atoms with Gasteiger partial charge in [-0.3, -0.25) is 9.59 Å². The van der Waals surface area contributed by atoms with Gasteiger partial charge in [0.15, 0.2) is 0 Å². The Kier molecular flexibility index (Phi) is 9.43. The van der Waals surface area contributed by atoms with E-state index in [4.69, 9.17) is 9.47 Å². The summed E-state index contributed by atoms with van der Waals surface area (Å²) in [4.78, 5) is 22.4. The molecular formula is C12H23NO4. The van der Waals surface area contributed by atoms with Gasteiger partial charge in [0.05, 0.1) is 6.61 Å². The summed E-state index contributed by atoms with van der Waals surface area (Å²) in [7, 11) is 1.62. The van der Waals surface area contributed by atoms with E-state index in [9.17, 15) is 9.59 Å². The number of esters is 1. The highest BCUT2D eigenvalue weighted by molar-refractivity contribution is 5.76. The van der Waals surface area contributed by atoms with Crippen LogP contribution in [-0.2, 0) is 19.1 Å². The van der Waals surface area contributed by atoms with Crippen LogP contribution in [0.25, 0.3) is 0 Å². The summed E-state index contributed by atoms with van der Waals surface area (Å²) in [6, 6.07) is 0. The summed E-state index contributed by atoms with van der Waals surface area (Å²) in [6.45, 7) is 5.23. The molecule has 0 saturated carbocycles. The van der Waals surface area contributed by atoms with E-state index in [0.717, 1.165) is 0 Å². The van der Waals surface area contributed by atoms with Crippen LogP contribution in [0.1, 0.15) is 33.1 Å². The van der Waals surface area contributed by atoms with E-state index in [0.29, 0.717) is 39.0 Å². The lowest BCUT2D eigenvalue weighted by Crippen LogP contribution is -2.27. The van der Waals surface area contributed by atoms with Crippen LogP contribution < -0.4 is 5.32 Å². The molecule has 0 saturated heterocycles. The second kappa shape index (κ2) is 10.1. The molecule has 1 unspecified atom stereocenters. The normalized spacial score (nSPS) is 11.9. The van der Waals surface area contributed by atoms with Gasteiger partial charge >= 0.3 is 5.97 Å². The average Bonchev–Trinajstić information content (AvgIpc) is 2.25. The highest BCUT2D eigenvalue weighted by atomic mass is 16.5. The largest absolute Gasteiger partial charge is 0.466 e. The van der Waals surface area contributed by atoms with Gasteiger partial charge in [0.25, 0.3) is 0 Å². The van der Waals surface area contributed by atoms with E-state index in [-0.39, 0.29) is 17.8 Å². The van der Waals surface area contributed by atoms with Crippen LogP contribution in [0.5, 0.6) is 0 Å². The Morgan fingerprint density at radius 1 is 1.35 bits per heavy atom. The van der Waals surface area contributed by atoms with Crippen LogP contribution in [0, 0.1) is 5.92 Å². The molecule has 0 spiro atoms. The Balaban J connectivity index is 3.48. The van der Waals surface area contributed by atoms with Crippen LogP contribution in [0.2, 0.25) is 0 Å². The third-order valence-corrected chi connectivity index (χ3v) is 2.17. The maximum Gasteiger partial charge on any atom is 0.305 e. The smallest absolute Gasteiger partial charge is 0.305 e. The Morgan fingerprint density at radius 2 is 2.06 bits per heavy atom. The number of carbonyl (C=O) groups excluding carboxylic acids is 2. The number of methoxy groups -OCH3 is 1. The molecule has 0 aliphatic heterocycles. The first-order valence-corrected chi connectivity index (χ1v) is 6.01. The van der Waals surface area contributed by atoms with Crippen molar-refractivity contribution in [1.29, 1.82) is 0 Å². The van der Waals surface area contributed by atoms with Crippen LogP contribution >= 0.6 is 0 Å². The van der Waals surface area contributed by atoms with Crippen LogP contribution in [-0.4, -0.2) is 38.7 Å². The van der Waals surface area contributed by atoms with E-state index in [1.807, 2.05) is 6.92 Å². The lowest BCUT2D eigenvalue weighted by Gasteiger charge is -2.10. The molecule has 0 aromatic rings. The number of ether oxygens (including phenoxy) is 2. The van der Waals surface area contributed by atoms with Gasteiger partial charge in [0.1, 0.15) is 0 Å². The number of amides is 1. The van der Waals surface area contributed by atoms with Gasteiger partial charge in [0.2, 0.25) is 5.91 Å². The van der Waals surface area contributed by atoms with Gasteiger partial charge in [-0.1, -0.05) is 6.92 Å². The third kappa shape index (κ3) is 9.81. The Labute approximate surface area is 103 Å². The minimum absolute atomic E-state index is 0.00147. The summed E-state index contributed by atoms with van der Waals surface area (Å²) in [5.74, 6) is -0.00188. The van der Waals surface area contributed by atoms with Crippen molar-refractivity contribution in [3.63, 3.8) is 0 Å². The van der Waals surface area contributed by atoms with Crippen LogP contribution in [0.15, 0.2) is 0 Å².